The Morgan fingerprint density at radius 2 is 2.08 bits per heavy atom. The van der Waals surface area contributed by atoms with Crippen LogP contribution in [0.1, 0.15) is 13.3 Å². The van der Waals surface area contributed by atoms with Crippen LogP contribution in [0.2, 0.25) is 0 Å². The van der Waals surface area contributed by atoms with Crippen LogP contribution in [0.25, 0.3) is 16.9 Å². The molecule has 1 N–H and O–H groups in total. The number of rotatable bonds is 6. The molecule has 4 nitrogen and oxygen atoms in total. The summed E-state index contributed by atoms with van der Waals surface area (Å²) in [6.07, 6.45) is 6.07. The van der Waals surface area contributed by atoms with Gasteiger partial charge in [0.1, 0.15) is 5.69 Å². The van der Waals surface area contributed by atoms with Gasteiger partial charge in [0.25, 0.3) is 0 Å². The van der Waals surface area contributed by atoms with Gasteiger partial charge in [0, 0.05) is 30.8 Å². The average molecular weight is 348 g/mol. The molecule has 0 unspecified atom stereocenters. The summed E-state index contributed by atoms with van der Waals surface area (Å²) in [5.74, 6) is -0.361. The lowest BCUT2D eigenvalue weighted by atomic mass is 10.2. The zero-order valence-corrected chi connectivity index (χ0v) is 14.3. The number of halogens is 2. The SMILES string of the molecule is CCCSNc1ccc(F)c(-n2cc(-c3cccnc3)n2C)c1F. The van der Waals surface area contributed by atoms with Gasteiger partial charge in [0.05, 0.1) is 17.6 Å². The first kappa shape index (κ1) is 16.6. The molecule has 0 saturated carbocycles. The van der Waals surface area contributed by atoms with Gasteiger partial charge in [-0.05, 0) is 30.7 Å². The molecule has 0 aliphatic rings. The zero-order chi connectivity index (χ0) is 17.1. The summed E-state index contributed by atoms with van der Waals surface area (Å²) in [5, 5.41) is 0. The molecule has 24 heavy (non-hydrogen) atoms. The second-order valence-corrected chi connectivity index (χ2v) is 6.23. The highest BCUT2D eigenvalue weighted by Crippen LogP contribution is 2.30. The lowest BCUT2D eigenvalue weighted by molar-refractivity contribution is 0.515. The maximum absolute atomic E-state index is 14.7. The van der Waals surface area contributed by atoms with E-state index in [2.05, 4.69) is 9.71 Å². The number of anilines is 1. The Morgan fingerprint density at radius 1 is 1.25 bits per heavy atom. The Labute approximate surface area is 143 Å². The van der Waals surface area contributed by atoms with Crippen LogP contribution in [0.5, 0.6) is 0 Å². The fraction of sp³-hybridized carbons (Fsp3) is 0.235. The van der Waals surface area contributed by atoms with Crippen molar-refractivity contribution in [1.82, 2.24) is 14.3 Å². The van der Waals surface area contributed by atoms with Crippen molar-refractivity contribution in [3.8, 4) is 16.9 Å². The first-order chi connectivity index (χ1) is 11.6. The van der Waals surface area contributed by atoms with Crippen molar-refractivity contribution in [2.45, 2.75) is 13.3 Å². The second-order valence-electron chi connectivity index (χ2n) is 5.33. The third-order valence-electron chi connectivity index (χ3n) is 3.66. The van der Waals surface area contributed by atoms with E-state index >= 15 is 0 Å². The molecular formula is C17H18F2N4S. The third kappa shape index (κ3) is 3.03. The van der Waals surface area contributed by atoms with Crippen molar-refractivity contribution in [1.29, 1.82) is 0 Å². The lowest BCUT2D eigenvalue weighted by Gasteiger charge is -2.24. The van der Waals surface area contributed by atoms with Crippen LogP contribution < -0.4 is 4.72 Å². The van der Waals surface area contributed by atoms with Crippen molar-refractivity contribution < 1.29 is 8.78 Å². The summed E-state index contributed by atoms with van der Waals surface area (Å²) < 4.78 is 35.0. The first-order valence-corrected chi connectivity index (χ1v) is 8.63. The van der Waals surface area contributed by atoms with Crippen molar-refractivity contribution in [3.05, 3.63) is 54.5 Å². The minimum atomic E-state index is -0.605. The highest BCUT2D eigenvalue weighted by atomic mass is 32.2. The fourth-order valence-corrected chi connectivity index (χ4v) is 3.02. The standard InChI is InChI=1S/C17H18F2N4S/c1-3-9-24-21-14-7-6-13(18)17(16(14)19)23-11-15(22(23)2)12-5-4-8-20-10-12/h4-8,10-11,21H,3,9H2,1-2H3. The molecule has 0 spiro atoms. The minimum Gasteiger partial charge on any atom is -0.327 e. The molecule has 0 aliphatic carbocycles. The van der Waals surface area contributed by atoms with Crippen molar-refractivity contribution in [2.75, 3.05) is 10.5 Å². The molecule has 7 heteroatoms. The molecule has 2 aromatic heterocycles. The van der Waals surface area contributed by atoms with E-state index in [9.17, 15) is 8.78 Å². The summed E-state index contributed by atoms with van der Waals surface area (Å²) in [7, 11) is 1.76. The quantitative estimate of drug-likeness (QED) is 0.521. The minimum absolute atomic E-state index is 0.0905. The van der Waals surface area contributed by atoms with Crippen LogP contribution >= 0.6 is 11.9 Å². The van der Waals surface area contributed by atoms with Gasteiger partial charge in [-0.15, -0.1) is 0 Å². The molecule has 0 amide bonds. The van der Waals surface area contributed by atoms with Gasteiger partial charge < -0.3 is 4.72 Å². The number of nitrogens with one attached hydrogen (secondary N) is 1. The van der Waals surface area contributed by atoms with E-state index in [0.717, 1.165) is 23.4 Å². The van der Waals surface area contributed by atoms with Gasteiger partial charge in [-0.1, -0.05) is 18.9 Å². The van der Waals surface area contributed by atoms with E-state index in [4.69, 9.17) is 0 Å². The highest BCUT2D eigenvalue weighted by Gasteiger charge is 2.20. The van der Waals surface area contributed by atoms with Crippen LogP contribution in [0.15, 0.2) is 42.9 Å². The molecule has 1 aromatic carbocycles. The molecule has 0 aliphatic heterocycles. The monoisotopic (exact) mass is 348 g/mol. The number of aromatic nitrogens is 3. The maximum Gasteiger partial charge on any atom is 0.175 e. The van der Waals surface area contributed by atoms with Gasteiger partial charge in [-0.2, -0.15) is 0 Å². The Kier molecular flexibility index (Phi) is 4.89. The Hall–Kier alpha value is -2.28. The average Bonchev–Trinajstić information content (AvgIpc) is 2.59. The number of pyridine rings is 1. The zero-order valence-electron chi connectivity index (χ0n) is 13.5. The topological polar surface area (TPSA) is 34.8 Å². The summed E-state index contributed by atoms with van der Waals surface area (Å²) in [6, 6.07) is 6.42. The third-order valence-corrected chi connectivity index (χ3v) is 4.63. The first-order valence-electron chi connectivity index (χ1n) is 7.64. The normalized spacial score (nSPS) is 11.0. The van der Waals surface area contributed by atoms with Crippen LogP contribution in [0, 0.1) is 11.6 Å². The van der Waals surface area contributed by atoms with Gasteiger partial charge in [0.2, 0.25) is 0 Å². The summed E-state index contributed by atoms with van der Waals surface area (Å²) >= 11 is 1.40. The van der Waals surface area contributed by atoms with Gasteiger partial charge in [0.15, 0.2) is 11.6 Å². The predicted octanol–water partition coefficient (Wildman–Crippen LogP) is 4.63. The number of benzene rings is 1. The van der Waals surface area contributed by atoms with E-state index in [-0.39, 0.29) is 11.4 Å². The molecular weight excluding hydrogens is 330 g/mol. The van der Waals surface area contributed by atoms with Crippen molar-refractivity contribution in [2.24, 2.45) is 7.05 Å². The molecule has 0 atom stereocenters. The smallest absolute Gasteiger partial charge is 0.175 e. The van der Waals surface area contributed by atoms with Gasteiger partial charge >= 0.3 is 0 Å². The summed E-state index contributed by atoms with van der Waals surface area (Å²) in [5.41, 5.74) is 1.93. The fourth-order valence-electron chi connectivity index (χ4n) is 2.40. The molecule has 0 radical (unpaired) electrons. The Morgan fingerprint density at radius 3 is 2.75 bits per heavy atom. The second kappa shape index (κ2) is 7.09. The number of nitrogens with zero attached hydrogens (tertiary/aromatic N) is 3. The van der Waals surface area contributed by atoms with E-state index in [1.165, 1.54) is 28.8 Å². The molecule has 126 valence electrons. The van der Waals surface area contributed by atoms with Crippen LogP contribution in [0.3, 0.4) is 0 Å². The van der Waals surface area contributed by atoms with Gasteiger partial charge in [-0.25, -0.2) is 8.78 Å². The van der Waals surface area contributed by atoms with Crippen molar-refractivity contribution >= 4 is 17.6 Å². The van der Waals surface area contributed by atoms with Crippen molar-refractivity contribution in [3.63, 3.8) is 0 Å². The van der Waals surface area contributed by atoms with Gasteiger partial charge in [-0.3, -0.25) is 14.3 Å². The van der Waals surface area contributed by atoms with Crippen LogP contribution in [0.4, 0.5) is 14.5 Å². The molecule has 0 bridgehead atoms. The maximum atomic E-state index is 14.7. The Bertz CT molecular complexity index is 827. The number of hydrogen-bond acceptors (Lipinski definition) is 3. The molecule has 3 rings (SSSR count). The van der Waals surface area contributed by atoms with Crippen LogP contribution in [-0.4, -0.2) is 20.1 Å². The summed E-state index contributed by atoms with van der Waals surface area (Å²) in [6.45, 7) is 2.04. The molecule has 2 heterocycles. The van der Waals surface area contributed by atoms with Crippen LogP contribution in [-0.2, 0) is 7.05 Å². The largest absolute Gasteiger partial charge is 0.327 e. The van der Waals surface area contributed by atoms with E-state index in [1.54, 1.807) is 30.3 Å². The van der Waals surface area contributed by atoms with E-state index in [1.807, 2.05) is 19.1 Å². The summed E-state index contributed by atoms with van der Waals surface area (Å²) in [4.78, 5) is 4.06. The molecule has 0 fully saturated rings. The number of hydrogen-bond donors (Lipinski definition) is 1. The molecule has 0 saturated heterocycles. The highest BCUT2D eigenvalue weighted by molar-refractivity contribution is 8.00. The lowest BCUT2D eigenvalue weighted by Crippen LogP contribution is -2.21. The molecule has 3 aromatic rings. The Balaban J connectivity index is 1.94. The predicted molar refractivity (Wildman–Crippen MR) is 94.3 cm³/mol. The van der Waals surface area contributed by atoms with E-state index < -0.39 is 11.6 Å². The van der Waals surface area contributed by atoms with E-state index in [0.29, 0.717) is 0 Å².